The SMILES string of the molecule is C[C@@H]1[C@H](NC(=O)c2cc3oc(N(C)C=O)cc3cn2)C2CCN1CC2. The first kappa shape index (κ1) is 16.1. The zero-order chi connectivity index (χ0) is 17.6. The lowest BCUT2D eigenvalue weighted by Gasteiger charge is -2.49. The van der Waals surface area contributed by atoms with Gasteiger partial charge >= 0.3 is 0 Å². The van der Waals surface area contributed by atoms with Crippen LogP contribution in [0.4, 0.5) is 5.88 Å². The van der Waals surface area contributed by atoms with E-state index in [0.717, 1.165) is 31.3 Å². The Morgan fingerprint density at radius 1 is 1.40 bits per heavy atom. The Morgan fingerprint density at radius 3 is 2.84 bits per heavy atom. The predicted molar refractivity (Wildman–Crippen MR) is 93.5 cm³/mol. The Labute approximate surface area is 146 Å². The second-order valence-corrected chi connectivity index (χ2v) is 7.02. The van der Waals surface area contributed by atoms with Crippen LogP contribution in [0.25, 0.3) is 11.0 Å². The van der Waals surface area contributed by atoms with Crippen LogP contribution in [0, 0.1) is 5.92 Å². The van der Waals surface area contributed by atoms with E-state index in [1.165, 1.54) is 4.90 Å². The number of aromatic nitrogens is 1. The number of hydrogen-bond acceptors (Lipinski definition) is 5. The third-order valence-electron chi connectivity index (χ3n) is 5.60. The van der Waals surface area contributed by atoms with Crippen LogP contribution in [-0.4, -0.2) is 54.4 Å². The lowest BCUT2D eigenvalue weighted by atomic mass is 9.79. The number of amides is 2. The molecule has 2 aromatic rings. The fourth-order valence-electron chi connectivity index (χ4n) is 4.04. The van der Waals surface area contributed by atoms with Crippen LogP contribution < -0.4 is 10.2 Å². The normalized spacial score (nSPS) is 28.1. The number of furan rings is 1. The number of pyridine rings is 1. The third-order valence-corrected chi connectivity index (χ3v) is 5.60. The number of nitrogens with zero attached hydrogens (tertiary/aromatic N) is 3. The Morgan fingerprint density at radius 2 is 2.16 bits per heavy atom. The number of piperidine rings is 3. The zero-order valence-corrected chi connectivity index (χ0v) is 14.4. The summed E-state index contributed by atoms with van der Waals surface area (Å²) in [5.41, 5.74) is 0.886. The van der Waals surface area contributed by atoms with E-state index in [4.69, 9.17) is 4.42 Å². The van der Waals surface area contributed by atoms with Crippen molar-refractivity contribution in [2.24, 2.45) is 5.92 Å². The Hall–Kier alpha value is -2.41. The van der Waals surface area contributed by atoms with Gasteiger partial charge in [-0.05, 0) is 38.8 Å². The van der Waals surface area contributed by atoms with Crippen LogP contribution in [0.5, 0.6) is 0 Å². The molecule has 5 heterocycles. The third kappa shape index (κ3) is 2.78. The number of hydrogen-bond donors (Lipinski definition) is 1. The van der Waals surface area contributed by atoms with Crippen LogP contribution in [0.2, 0.25) is 0 Å². The number of fused-ring (bicyclic) bond motifs is 4. The smallest absolute Gasteiger partial charge is 0.270 e. The van der Waals surface area contributed by atoms with E-state index < -0.39 is 0 Å². The average molecular weight is 342 g/mol. The summed E-state index contributed by atoms with van der Waals surface area (Å²) < 4.78 is 5.64. The van der Waals surface area contributed by atoms with Gasteiger partial charge in [0.2, 0.25) is 12.3 Å². The van der Waals surface area contributed by atoms with Crippen molar-refractivity contribution < 1.29 is 14.0 Å². The van der Waals surface area contributed by atoms with Gasteiger partial charge in [-0.3, -0.25) is 24.4 Å². The summed E-state index contributed by atoms with van der Waals surface area (Å²) in [6.07, 6.45) is 4.56. The highest BCUT2D eigenvalue weighted by Crippen LogP contribution is 2.32. The van der Waals surface area contributed by atoms with Gasteiger partial charge in [0, 0.05) is 42.8 Å². The summed E-state index contributed by atoms with van der Waals surface area (Å²) in [7, 11) is 1.61. The van der Waals surface area contributed by atoms with Gasteiger partial charge < -0.3 is 9.73 Å². The number of nitrogens with one attached hydrogen (secondary N) is 1. The lowest BCUT2D eigenvalue weighted by molar-refractivity contribution is -0.107. The van der Waals surface area contributed by atoms with E-state index in [9.17, 15) is 9.59 Å². The van der Waals surface area contributed by atoms with E-state index in [1.54, 1.807) is 25.4 Å². The van der Waals surface area contributed by atoms with Gasteiger partial charge in [-0.1, -0.05) is 0 Å². The molecule has 5 rings (SSSR count). The van der Waals surface area contributed by atoms with Gasteiger partial charge in [-0.2, -0.15) is 0 Å². The molecule has 0 spiro atoms. The molecule has 0 unspecified atom stereocenters. The minimum atomic E-state index is -0.172. The van der Waals surface area contributed by atoms with Crippen molar-refractivity contribution in [3.63, 3.8) is 0 Å². The first-order chi connectivity index (χ1) is 12.1. The van der Waals surface area contributed by atoms with Gasteiger partial charge in [0.05, 0.1) is 0 Å². The number of carbonyl (C=O) groups excluding carboxylic acids is 2. The quantitative estimate of drug-likeness (QED) is 0.855. The molecule has 2 bridgehead atoms. The van der Waals surface area contributed by atoms with E-state index in [0.29, 0.717) is 35.5 Å². The highest BCUT2D eigenvalue weighted by Gasteiger charge is 2.40. The molecule has 7 heteroatoms. The molecular formula is C18H22N4O3. The number of rotatable bonds is 4. The maximum atomic E-state index is 12.7. The summed E-state index contributed by atoms with van der Waals surface area (Å²) in [6, 6.07) is 3.89. The average Bonchev–Trinajstić information content (AvgIpc) is 3.07. The minimum Gasteiger partial charge on any atom is -0.440 e. The molecule has 0 aliphatic carbocycles. The summed E-state index contributed by atoms with van der Waals surface area (Å²) in [5.74, 6) is 0.800. The molecule has 0 saturated carbocycles. The number of carbonyl (C=O) groups is 2. The summed E-state index contributed by atoms with van der Waals surface area (Å²) in [4.78, 5) is 31.6. The van der Waals surface area contributed by atoms with E-state index in [1.807, 2.05) is 0 Å². The topological polar surface area (TPSA) is 78.7 Å². The minimum absolute atomic E-state index is 0.167. The summed E-state index contributed by atoms with van der Waals surface area (Å²) >= 11 is 0. The van der Waals surface area contributed by atoms with E-state index >= 15 is 0 Å². The molecule has 25 heavy (non-hydrogen) atoms. The largest absolute Gasteiger partial charge is 0.440 e. The molecule has 132 valence electrons. The Bertz CT molecular complexity index is 808. The monoisotopic (exact) mass is 342 g/mol. The molecule has 0 radical (unpaired) electrons. The highest BCUT2D eigenvalue weighted by molar-refractivity contribution is 5.96. The van der Waals surface area contributed by atoms with Gasteiger partial charge in [0.15, 0.2) is 0 Å². The summed E-state index contributed by atoms with van der Waals surface area (Å²) in [5, 5.41) is 3.93. The molecule has 7 nitrogen and oxygen atoms in total. The molecule has 1 N–H and O–H groups in total. The van der Waals surface area contributed by atoms with Crippen molar-refractivity contribution in [3.8, 4) is 0 Å². The maximum Gasteiger partial charge on any atom is 0.270 e. The van der Waals surface area contributed by atoms with Crippen LogP contribution in [-0.2, 0) is 4.79 Å². The molecule has 3 aliphatic heterocycles. The van der Waals surface area contributed by atoms with E-state index in [-0.39, 0.29) is 11.9 Å². The Balaban J connectivity index is 1.54. The van der Waals surface area contributed by atoms with E-state index in [2.05, 4.69) is 22.1 Å². The predicted octanol–water partition coefficient (Wildman–Crippen LogP) is 1.63. The fraction of sp³-hybridized carbons (Fsp3) is 0.500. The second kappa shape index (κ2) is 6.15. The molecule has 2 aromatic heterocycles. The molecule has 3 fully saturated rings. The lowest BCUT2D eigenvalue weighted by Crippen LogP contribution is -2.62. The van der Waals surface area contributed by atoms with Crippen molar-refractivity contribution in [1.82, 2.24) is 15.2 Å². The van der Waals surface area contributed by atoms with Crippen LogP contribution in [0.15, 0.2) is 22.7 Å². The molecular weight excluding hydrogens is 320 g/mol. The zero-order valence-electron chi connectivity index (χ0n) is 14.4. The summed E-state index contributed by atoms with van der Waals surface area (Å²) in [6.45, 7) is 4.44. The van der Waals surface area contributed by atoms with Crippen molar-refractivity contribution in [2.45, 2.75) is 31.8 Å². The van der Waals surface area contributed by atoms with Crippen molar-refractivity contribution in [1.29, 1.82) is 0 Å². The molecule has 2 amide bonds. The second-order valence-electron chi connectivity index (χ2n) is 7.02. The maximum absolute atomic E-state index is 12.7. The van der Waals surface area contributed by atoms with Crippen LogP contribution in [0.1, 0.15) is 30.3 Å². The van der Waals surface area contributed by atoms with Crippen molar-refractivity contribution in [2.75, 3.05) is 25.0 Å². The molecule has 3 saturated heterocycles. The van der Waals surface area contributed by atoms with Crippen molar-refractivity contribution >= 4 is 29.2 Å². The fourth-order valence-corrected chi connectivity index (χ4v) is 4.04. The molecule has 3 aliphatic rings. The van der Waals surface area contributed by atoms with Gasteiger partial charge in [0.1, 0.15) is 11.3 Å². The van der Waals surface area contributed by atoms with Gasteiger partial charge in [-0.25, -0.2) is 0 Å². The van der Waals surface area contributed by atoms with Gasteiger partial charge in [0.25, 0.3) is 5.91 Å². The van der Waals surface area contributed by atoms with Crippen molar-refractivity contribution in [3.05, 3.63) is 24.0 Å². The Kier molecular flexibility index (Phi) is 3.95. The van der Waals surface area contributed by atoms with Crippen LogP contribution >= 0.6 is 0 Å². The van der Waals surface area contributed by atoms with Crippen LogP contribution in [0.3, 0.4) is 0 Å². The first-order valence-electron chi connectivity index (χ1n) is 8.69. The van der Waals surface area contributed by atoms with Gasteiger partial charge in [-0.15, -0.1) is 0 Å². The molecule has 0 aromatic carbocycles. The first-order valence-corrected chi connectivity index (χ1v) is 8.69. The molecule has 2 atom stereocenters. The number of anilines is 1. The standard InChI is InChI=1S/C18H22N4O3/c1-11-17(12-3-5-22(11)6-4-12)20-18(24)14-8-15-13(9-19-14)7-16(25-15)21(2)10-23/h7-12,17H,3-6H2,1-2H3,(H,20,24)/t11-,17+/m1/s1. The highest BCUT2D eigenvalue weighted by atomic mass is 16.4.